The van der Waals surface area contributed by atoms with E-state index in [-0.39, 0.29) is 39.4 Å². The molecule has 3 aromatic carbocycles. The van der Waals surface area contributed by atoms with Crippen LogP contribution in [0.15, 0.2) is 82.4 Å². The van der Waals surface area contributed by atoms with Gasteiger partial charge in [-0.1, -0.05) is 24.3 Å². The van der Waals surface area contributed by atoms with Crippen molar-refractivity contribution in [2.45, 2.75) is 26.7 Å². The second-order valence-electron chi connectivity index (χ2n) is 9.89. The summed E-state index contributed by atoms with van der Waals surface area (Å²) in [6.07, 6.45) is 0. The number of rotatable bonds is 8. The molecule has 0 aliphatic rings. The maximum Gasteiger partial charge on any atom is 0.335 e. The van der Waals surface area contributed by atoms with Gasteiger partial charge in [-0.2, -0.15) is 0 Å². The van der Waals surface area contributed by atoms with Crippen LogP contribution in [-0.4, -0.2) is 47.7 Å². The molecule has 2 heterocycles. The van der Waals surface area contributed by atoms with E-state index >= 15 is 0 Å². The Kier molecular flexibility index (Phi) is 7.43. The van der Waals surface area contributed by atoms with E-state index in [9.17, 15) is 34.2 Å². The SMILES string of the molecule is CC(=O)Oc1cccc(C(c2c(C)[nH]n(-c3cccc(C(=O)O)c3)c2=O)c2c(C)[nH]n(-c3cccc(C(=O)O)c3)c2=O)c1. The Labute approximate surface area is 243 Å². The summed E-state index contributed by atoms with van der Waals surface area (Å²) in [6, 6.07) is 18.2. The predicted octanol–water partition coefficient (Wildman–Crippen LogP) is 3.76. The molecule has 0 bridgehead atoms. The number of nitrogens with zero attached hydrogens (tertiary/aromatic N) is 2. The van der Waals surface area contributed by atoms with E-state index in [2.05, 4.69) is 10.2 Å². The molecule has 0 saturated carbocycles. The fourth-order valence-corrected chi connectivity index (χ4v) is 5.12. The van der Waals surface area contributed by atoms with Crippen LogP contribution in [0.3, 0.4) is 0 Å². The van der Waals surface area contributed by atoms with Crippen molar-refractivity contribution < 1.29 is 29.3 Å². The number of aromatic nitrogens is 4. The van der Waals surface area contributed by atoms with E-state index in [1.54, 1.807) is 50.2 Å². The Morgan fingerprint density at radius 2 is 1.19 bits per heavy atom. The summed E-state index contributed by atoms with van der Waals surface area (Å²) >= 11 is 0. The van der Waals surface area contributed by atoms with Crippen LogP contribution in [0.4, 0.5) is 0 Å². The molecule has 0 radical (unpaired) electrons. The topological polar surface area (TPSA) is 176 Å². The maximum atomic E-state index is 14.1. The van der Waals surface area contributed by atoms with E-state index in [4.69, 9.17) is 4.74 Å². The smallest absolute Gasteiger partial charge is 0.335 e. The van der Waals surface area contributed by atoms with Gasteiger partial charge in [-0.05, 0) is 67.9 Å². The number of carboxylic acid groups (broad SMARTS) is 2. The van der Waals surface area contributed by atoms with Gasteiger partial charge >= 0.3 is 17.9 Å². The number of carbonyl (C=O) groups excluding carboxylic acids is 1. The average molecular weight is 583 g/mol. The summed E-state index contributed by atoms with van der Waals surface area (Å²) in [5, 5.41) is 24.9. The number of aromatic amines is 2. The van der Waals surface area contributed by atoms with Crippen molar-refractivity contribution in [3.63, 3.8) is 0 Å². The Balaban J connectivity index is 1.76. The number of benzene rings is 3. The standard InChI is InChI=1S/C31H26N4O8/c1-16-25(28(37)34(32-16)22-10-4-8-20(13-22)30(39)40)27(19-7-6-12-24(15-19)43-18(3)36)26-17(2)33-35(29(26)38)23-11-5-9-21(14-23)31(41)42/h4-15,27,32-33H,1-3H3,(H,39,40)(H,41,42). The van der Waals surface area contributed by atoms with Crippen LogP contribution in [0, 0.1) is 13.8 Å². The molecule has 0 unspecified atom stereocenters. The molecule has 5 aromatic rings. The first-order valence-corrected chi connectivity index (χ1v) is 13.0. The molecule has 0 saturated heterocycles. The molecule has 0 amide bonds. The first-order valence-electron chi connectivity index (χ1n) is 13.0. The molecule has 0 fully saturated rings. The van der Waals surface area contributed by atoms with Gasteiger partial charge in [0.25, 0.3) is 11.1 Å². The van der Waals surface area contributed by atoms with Crippen LogP contribution < -0.4 is 15.9 Å². The highest BCUT2D eigenvalue weighted by Crippen LogP contribution is 2.34. The lowest BCUT2D eigenvalue weighted by atomic mass is 9.85. The molecule has 43 heavy (non-hydrogen) atoms. The largest absolute Gasteiger partial charge is 0.478 e. The Bertz CT molecular complexity index is 1910. The van der Waals surface area contributed by atoms with Crippen LogP contribution in [-0.2, 0) is 4.79 Å². The maximum absolute atomic E-state index is 14.1. The van der Waals surface area contributed by atoms with Gasteiger partial charge in [0.05, 0.1) is 33.6 Å². The number of carbonyl (C=O) groups is 3. The Morgan fingerprint density at radius 3 is 1.63 bits per heavy atom. The predicted molar refractivity (Wildman–Crippen MR) is 155 cm³/mol. The van der Waals surface area contributed by atoms with Crippen LogP contribution in [0.5, 0.6) is 5.75 Å². The van der Waals surface area contributed by atoms with Crippen LogP contribution in [0.1, 0.15) is 61.6 Å². The van der Waals surface area contributed by atoms with E-state index in [0.717, 1.165) is 0 Å². The first kappa shape index (κ1) is 28.6. The molecule has 12 nitrogen and oxygen atoms in total. The lowest BCUT2D eigenvalue weighted by molar-refractivity contribution is -0.131. The number of esters is 1. The number of aromatic carboxylic acids is 2. The summed E-state index contributed by atoms with van der Waals surface area (Å²) < 4.78 is 7.70. The monoisotopic (exact) mass is 582 g/mol. The van der Waals surface area contributed by atoms with Gasteiger partial charge in [0, 0.05) is 24.2 Å². The first-order chi connectivity index (χ1) is 20.5. The van der Waals surface area contributed by atoms with E-state index in [1.807, 2.05) is 0 Å². The molecule has 0 spiro atoms. The third-order valence-corrected chi connectivity index (χ3v) is 6.97. The van der Waals surface area contributed by atoms with E-state index < -0.39 is 34.9 Å². The average Bonchev–Trinajstić information content (AvgIpc) is 3.43. The molecule has 0 atom stereocenters. The molecule has 5 rings (SSSR count). The number of ether oxygens (including phenoxy) is 1. The van der Waals surface area contributed by atoms with Gasteiger partial charge in [0.1, 0.15) is 5.75 Å². The van der Waals surface area contributed by atoms with Gasteiger partial charge in [0.2, 0.25) is 0 Å². The summed E-state index contributed by atoms with van der Waals surface area (Å²) in [5.41, 5.74) is 1.16. The van der Waals surface area contributed by atoms with Gasteiger partial charge in [-0.25, -0.2) is 19.0 Å². The van der Waals surface area contributed by atoms with Gasteiger partial charge in [0.15, 0.2) is 0 Å². The molecule has 2 aromatic heterocycles. The van der Waals surface area contributed by atoms with Crippen molar-refractivity contribution in [1.29, 1.82) is 0 Å². The van der Waals surface area contributed by atoms with Crippen LogP contribution in [0.25, 0.3) is 11.4 Å². The quantitative estimate of drug-likeness (QED) is 0.158. The van der Waals surface area contributed by atoms with Crippen molar-refractivity contribution in [2.75, 3.05) is 0 Å². The van der Waals surface area contributed by atoms with Crippen molar-refractivity contribution in [1.82, 2.24) is 19.6 Å². The Morgan fingerprint density at radius 1 is 0.721 bits per heavy atom. The van der Waals surface area contributed by atoms with Crippen LogP contribution >= 0.6 is 0 Å². The normalized spacial score (nSPS) is 11.1. The number of H-pyrrole nitrogens is 2. The van der Waals surface area contributed by atoms with Crippen LogP contribution in [0.2, 0.25) is 0 Å². The lowest BCUT2D eigenvalue weighted by Crippen LogP contribution is -2.25. The second-order valence-corrected chi connectivity index (χ2v) is 9.89. The van der Waals surface area contributed by atoms with Gasteiger partial charge in [-0.3, -0.25) is 24.6 Å². The minimum atomic E-state index is -1.16. The third kappa shape index (κ3) is 5.40. The lowest BCUT2D eigenvalue weighted by Gasteiger charge is -2.16. The third-order valence-electron chi connectivity index (χ3n) is 6.97. The Hall–Kier alpha value is -5.91. The molecular formula is C31H26N4O8. The molecule has 0 aliphatic carbocycles. The molecule has 218 valence electrons. The molecular weight excluding hydrogens is 556 g/mol. The fraction of sp³-hybridized carbons (Fsp3) is 0.129. The zero-order chi connectivity index (χ0) is 31.0. The number of aryl methyl sites for hydroxylation is 2. The molecule has 12 heteroatoms. The highest BCUT2D eigenvalue weighted by Gasteiger charge is 2.31. The molecule has 4 N–H and O–H groups in total. The summed E-state index contributed by atoms with van der Waals surface area (Å²) in [4.78, 5) is 63.0. The fourth-order valence-electron chi connectivity index (χ4n) is 5.12. The highest BCUT2D eigenvalue weighted by molar-refractivity contribution is 5.88. The minimum Gasteiger partial charge on any atom is -0.478 e. The zero-order valence-corrected chi connectivity index (χ0v) is 23.2. The number of carboxylic acids is 2. The molecule has 0 aliphatic heterocycles. The van der Waals surface area contributed by atoms with Gasteiger partial charge < -0.3 is 14.9 Å². The summed E-state index contributed by atoms with van der Waals surface area (Å²) in [5.74, 6) is -3.63. The number of hydrogen-bond donors (Lipinski definition) is 4. The highest BCUT2D eigenvalue weighted by atomic mass is 16.5. The van der Waals surface area contributed by atoms with Crippen molar-refractivity contribution in [3.8, 4) is 17.1 Å². The van der Waals surface area contributed by atoms with E-state index in [0.29, 0.717) is 17.0 Å². The summed E-state index contributed by atoms with van der Waals surface area (Å²) in [7, 11) is 0. The number of hydrogen-bond acceptors (Lipinski definition) is 6. The zero-order valence-electron chi connectivity index (χ0n) is 23.2. The number of nitrogens with one attached hydrogen (secondary N) is 2. The minimum absolute atomic E-state index is 0.0169. The van der Waals surface area contributed by atoms with Crippen molar-refractivity contribution >= 4 is 17.9 Å². The van der Waals surface area contributed by atoms with E-state index in [1.165, 1.54) is 52.7 Å². The second kappa shape index (κ2) is 11.2. The summed E-state index contributed by atoms with van der Waals surface area (Å²) in [6.45, 7) is 4.58. The van der Waals surface area contributed by atoms with Gasteiger partial charge in [-0.15, -0.1) is 0 Å². The van der Waals surface area contributed by atoms with Crippen molar-refractivity contribution in [3.05, 3.63) is 133 Å². The van der Waals surface area contributed by atoms with Crippen molar-refractivity contribution in [2.24, 2.45) is 0 Å².